The number of benzene rings is 2. The first kappa shape index (κ1) is 24.0. The second-order valence-electron chi connectivity index (χ2n) is 8.75. The van der Waals surface area contributed by atoms with Crippen LogP contribution in [-0.4, -0.2) is 40.4 Å². The van der Waals surface area contributed by atoms with E-state index in [4.69, 9.17) is 9.47 Å². The third kappa shape index (κ3) is 5.19. The zero-order valence-electron chi connectivity index (χ0n) is 20.0. The van der Waals surface area contributed by atoms with Gasteiger partial charge < -0.3 is 19.5 Å². The van der Waals surface area contributed by atoms with E-state index in [0.717, 1.165) is 0 Å². The Morgan fingerprint density at radius 1 is 1.00 bits per heavy atom. The summed E-state index contributed by atoms with van der Waals surface area (Å²) in [7, 11) is 1.57. The molecule has 4 rings (SSSR count). The summed E-state index contributed by atoms with van der Waals surface area (Å²) < 4.78 is 11.0. The fourth-order valence-electron chi connectivity index (χ4n) is 3.97. The molecule has 1 unspecified atom stereocenters. The molecule has 2 aromatic carbocycles. The van der Waals surface area contributed by atoms with E-state index in [2.05, 4.69) is 18.8 Å². The van der Waals surface area contributed by atoms with Crippen molar-refractivity contribution in [3.63, 3.8) is 0 Å². The van der Waals surface area contributed by atoms with Crippen molar-refractivity contribution in [2.24, 2.45) is 5.92 Å². The van der Waals surface area contributed by atoms with Crippen LogP contribution in [-0.2, 0) is 16.1 Å². The van der Waals surface area contributed by atoms with Crippen LogP contribution in [0.2, 0.25) is 0 Å². The molecule has 0 saturated carbocycles. The molecule has 35 heavy (non-hydrogen) atoms. The van der Waals surface area contributed by atoms with Crippen molar-refractivity contribution in [1.82, 2.24) is 9.88 Å². The van der Waals surface area contributed by atoms with Gasteiger partial charge in [0.25, 0.3) is 11.7 Å². The standard InChI is InChI=1S/C28H28N2O5/c1-18(2)17-35-23-13-9-20(10-14-23)26(31)24-25(19-7-11-22(34-3)12-8-19)30(28(33)27(24)32)16-21-6-4-5-15-29-21/h4-15,18,25,31H,16-17H2,1-3H3/b26-24+. The second kappa shape index (κ2) is 10.4. The van der Waals surface area contributed by atoms with Crippen LogP contribution >= 0.6 is 0 Å². The number of pyridine rings is 1. The number of likely N-dealkylation sites (tertiary alicyclic amines) is 1. The van der Waals surface area contributed by atoms with Gasteiger partial charge in [-0.1, -0.05) is 32.0 Å². The Hall–Kier alpha value is -4.13. The van der Waals surface area contributed by atoms with E-state index in [1.165, 1.54) is 4.90 Å². The first-order valence-corrected chi connectivity index (χ1v) is 11.4. The topological polar surface area (TPSA) is 89.0 Å². The first-order chi connectivity index (χ1) is 16.9. The van der Waals surface area contributed by atoms with E-state index in [1.807, 2.05) is 6.07 Å². The number of ether oxygens (including phenoxy) is 2. The van der Waals surface area contributed by atoms with Gasteiger partial charge in [0.05, 0.1) is 37.6 Å². The minimum atomic E-state index is -0.778. The van der Waals surface area contributed by atoms with Crippen LogP contribution in [0.5, 0.6) is 11.5 Å². The van der Waals surface area contributed by atoms with E-state index in [9.17, 15) is 14.7 Å². The lowest BCUT2D eigenvalue weighted by Crippen LogP contribution is -2.29. The highest BCUT2D eigenvalue weighted by atomic mass is 16.5. The quantitative estimate of drug-likeness (QED) is 0.289. The van der Waals surface area contributed by atoms with E-state index in [-0.39, 0.29) is 17.9 Å². The zero-order valence-corrected chi connectivity index (χ0v) is 20.0. The number of hydrogen-bond donors (Lipinski definition) is 1. The SMILES string of the molecule is COc1ccc(C2/C(=C(\O)c3ccc(OCC(C)C)cc3)C(=O)C(=O)N2Cc2ccccn2)cc1. The Morgan fingerprint density at radius 3 is 2.29 bits per heavy atom. The maximum Gasteiger partial charge on any atom is 0.296 e. The molecule has 7 nitrogen and oxygen atoms in total. The Bertz CT molecular complexity index is 1220. The highest BCUT2D eigenvalue weighted by Crippen LogP contribution is 2.40. The average molecular weight is 473 g/mol. The van der Waals surface area contributed by atoms with Gasteiger partial charge in [-0.3, -0.25) is 14.6 Å². The molecule has 1 saturated heterocycles. The van der Waals surface area contributed by atoms with E-state index < -0.39 is 17.7 Å². The van der Waals surface area contributed by atoms with E-state index >= 15 is 0 Å². The third-order valence-corrected chi connectivity index (χ3v) is 5.74. The fourth-order valence-corrected chi connectivity index (χ4v) is 3.97. The van der Waals surface area contributed by atoms with Gasteiger partial charge in [0.1, 0.15) is 17.3 Å². The molecule has 1 atom stereocenters. The van der Waals surface area contributed by atoms with Gasteiger partial charge >= 0.3 is 0 Å². The third-order valence-electron chi connectivity index (χ3n) is 5.74. The van der Waals surface area contributed by atoms with Crippen molar-refractivity contribution in [1.29, 1.82) is 0 Å². The number of aromatic nitrogens is 1. The molecule has 1 aliphatic heterocycles. The summed E-state index contributed by atoms with van der Waals surface area (Å²) in [6.07, 6.45) is 1.64. The second-order valence-corrected chi connectivity index (χ2v) is 8.75. The van der Waals surface area contributed by atoms with Crippen molar-refractivity contribution in [2.45, 2.75) is 26.4 Å². The predicted molar refractivity (Wildman–Crippen MR) is 132 cm³/mol. The summed E-state index contributed by atoms with van der Waals surface area (Å²) >= 11 is 0. The first-order valence-electron chi connectivity index (χ1n) is 11.4. The van der Waals surface area contributed by atoms with Crippen molar-refractivity contribution >= 4 is 17.4 Å². The molecule has 3 aromatic rings. The number of carbonyl (C=O) groups is 2. The maximum atomic E-state index is 13.2. The summed E-state index contributed by atoms with van der Waals surface area (Å²) in [6, 6.07) is 18.6. The molecule has 180 valence electrons. The molecule has 7 heteroatoms. The number of aliphatic hydroxyl groups excluding tert-OH is 1. The Kier molecular flexibility index (Phi) is 7.15. The van der Waals surface area contributed by atoms with Gasteiger partial charge in [-0.15, -0.1) is 0 Å². The van der Waals surface area contributed by atoms with Crippen LogP contribution in [0.15, 0.2) is 78.5 Å². The number of amides is 1. The molecule has 1 aliphatic rings. The molecule has 2 heterocycles. The molecule has 1 fully saturated rings. The van der Waals surface area contributed by atoms with Gasteiger partial charge in [0.15, 0.2) is 0 Å². The number of hydrogen-bond acceptors (Lipinski definition) is 6. The minimum Gasteiger partial charge on any atom is -0.507 e. The van der Waals surface area contributed by atoms with Crippen molar-refractivity contribution in [3.8, 4) is 11.5 Å². The van der Waals surface area contributed by atoms with Crippen LogP contribution in [0.1, 0.15) is 36.7 Å². The average Bonchev–Trinajstić information content (AvgIpc) is 3.13. The van der Waals surface area contributed by atoms with Crippen LogP contribution in [0.4, 0.5) is 0 Å². The number of carbonyl (C=O) groups excluding carboxylic acids is 2. The summed E-state index contributed by atoms with van der Waals surface area (Å²) in [5, 5.41) is 11.2. The highest BCUT2D eigenvalue weighted by molar-refractivity contribution is 6.46. The molecule has 0 aliphatic carbocycles. The largest absolute Gasteiger partial charge is 0.507 e. The number of ketones is 1. The van der Waals surface area contributed by atoms with Crippen LogP contribution in [0.25, 0.3) is 5.76 Å². The Labute approximate surface area is 204 Å². The highest BCUT2D eigenvalue weighted by Gasteiger charge is 2.46. The lowest BCUT2D eigenvalue weighted by molar-refractivity contribution is -0.140. The fraction of sp³-hybridized carbons (Fsp3) is 0.250. The Morgan fingerprint density at radius 2 is 1.69 bits per heavy atom. The lowest BCUT2D eigenvalue weighted by atomic mass is 9.95. The number of nitrogens with zero attached hydrogens (tertiary/aromatic N) is 2. The van der Waals surface area contributed by atoms with Gasteiger partial charge in [0, 0.05) is 11.8 Å². The molecular weight excluding hydrogens is 444 g/mol. The van der Waals surface area contributed by atoms with E-state index in [0.29, 0.717) is 40.8 Å². The predicted octanol–water partition coefficient (Wildman–Crippen LogP) is 4.75. The lowest BCUT2D eigenvalue weighted by Gasteiger charge is -2.25. The van der Waals surface area contributed by atoms with Gasteiger partial charge in [0.2, 0.25) is 0 Å². The van der Waals surface area contributed by atoms with Crippen molar-refractivity contribution < 1.29 is 24.2 Å². The molecule has 0 radical (unpaired) electrons. The zero-order chi connectivity index (χ0) is 24.9. The van der Waals surface area contributed by atoms with Crippen molar-refractivity contribution in [3.05, 3.63) is 95.3 Å². The van der Waals surface area contributed by atoms with Crippen LogP contribution < -0.4 is 9.47 Å². The van der Waals surface area contributed by atoms with Gasteiger partial charge in [-0.2, -0.15) is 0 Å². The number of rotatable bonds is 8. The van der Waals surface area contributed by atoms with Crippen LogP contribution in [0, 0.1) is 5.92 Å². The molecule has 1 N–H and O–H groups in total. The molecule has 0 spiro atoms. The van der Waals surface area contributed by atoms with E-state index in [1.54, 1.807) is 74.0 Å². The summed E-state index contributed by atoms with van der Waals surface area (Å²) in [5.74, 6) is 0.0324. The molecular formula is C28H28N2O5. The molecule has 0 bridgehead atoms. The normalized spacial score (nSPS) is 17.1. The van der Waals surface area contributed by atoms with Gasteiger partial charge in [-0.05, 0) is 60.0 Å². The summed E-state index contributed by atoms with van der Waals surface area (Å²) in [4.78, 5) is 32.1. The number of methoxy groups -OCH3 is 1. The number of aliphatic hydroxyl groups is 1. The molecule has 1 aromatic heterocycles. The number of Topliss-reactive ketones (excluding diaryl/α,β-unsaturated/α-hetero) is 1. The van der Waals surface area contributed by atoms with Crippen molar-refractivity contribution in [2.75, 3.05) is 13.7 Å². The maximum absolute atomic E-state index is 13.2. The monoisotopic (exact) mass is 472 g/mol. The Balaban J connectivity index is 1.75. The summed E-state index contributed by atoms with van der Waals surface area (Å²) in [6.45, 7) is 4.81. The van der Waals surface area contributed by atoms with Crippen LogP contribution in [0.3, 0.4) is 0 Å². The molecule has 1 amide bonds. The van der Waals surface area contributed by atoms with Gasteiger partial charge in [-0.25, -0.2) is 0 Å². The smallest absolute Gasteiger partial charge is 0.296 e. The minimum absolute atomic E-state index is 0.0342. The summed E-state index contributed by atoms with van der Waals surface area (Å²) in [5.41, 5.74) is 1.78.